The number of nitrogens with zero attached hydrogens (tertiary/aromatic N) is 2. The third kappa shape index (κ3) is 2.53. The van der Waals surface area contributed by atoms with E-state index in [0.29, 0.717) is 33.1 Å². The number of halogens is 2. The van der Waals surface area contributed by atoms with Crippen LogP contribution in [0.3, 0.4) is 0 Å². The smallest absolute Gasteiger partial charge is 0.203 e. The predicted octanol–water partition coefficient (Wildman–Crippen LogP) is 5.16. The van der Waals surface area contributed by atoms with Crippen molar-refractivity contribution in [2.24, 2.45) is 0 Å². The van der Waals surface area contributed by atoms with Crippen LogP contribution >= 0.6 is 0 Å². The number of rotatable bonds is 3. The van der Waals surface area contributed by atoms with Gasteiger partial charge in [-0.2, -0.15) is 0 Å². The van der Waals surface area contributed by atoms with Crippen LogP contribution in [0.5, 0.6) is 11.6 Å². The molecule has 29 heavy (non-hydrogen) atoms. The van der Waals surface area contributed by atoms with E-state index in [1.165, 1.54) is 31.4 Å². The lowest BCUT2D eigenvalue weighted by molar-refractivity contribution is 0.283. The highest BCUT2D eigenvalue weighted by Crippen LogP contribution is 2.44. The number of hydrogen-bond donors (Lipinski definition) is 2. The van der Waals surface area contributed by atoms with E-state index >= 15 is 0 Å². The summed E-state index contributed by atoms with van der Waals surface area (Å²) in [6, 6.07) is 6.98. The van der Waals surface area contributed by atoms with E-state index in [1.54, 1.807) is 16.8 Å². The molecule has 1 aliphatic carbocycles. The van der Waals surface area contributed by atoms with Gasteiger partial charge in [0.1, 0.15) is 17.4 Å². The first-order valence-electron chi connectivity index (χ1n) is 9.44. The molecule has 0 saturated heterocycles. The summed E-state index contributed by atoms with van der Waals surface area (Å²) in [7, 11) is 1.40. The van der Waals surface area contributed by atoms with Gasteiger partial charge in [0, 0.05) is 34.8 Å². The number of hydrogen-bond acceptors (Lipinski definition) is 4. The first-order valence-corrected chi connectivity index (χ1v) is 9.44. The fourth-order valence-electron chi connectivity index (χ4n) is 4.07. The summed E-state index contributed by atoms with van der Waals surface area (Å²) in [6.45, 7) is 0. The van der Waals surface area contributed by atoms with Gasteiger partial charge in [0.05, 0.1) is 29.2 Å². The van der Waals surface area contributed by atoms with Gasteiger partial charge in [0.25, 0.3) is 0 Å². The van der Waals surface area contributed by atoms with E-state index < -0.39 is 11.6 Å². The number of aromatic hydroxyl groups is 1. The highest BCUT2D eigenvalue weighted by molar-refractivity contribution is 6.12. The first kappa shape index (κ1) is 17.7. The molecule has 1 aliphatic rings. The number of fused-ring (bicyclic) bond motifs is 2. The molecule has 7 heteroatoms. The van der Waals surface area contributed by atoms with Crippen LogP contribution in [-0.2, 0) is 0 Å². The molecule has 148 valence electrons. The van der Waals surface area contributed by atoms with Gasteiger partial charge in [0.2, 0.25) is 5.88 Å². The second-order valence-electron chi connectivity index (χ2n) is 7.39. The summed E-state index contributed by atoms with van der Waals surface area (Å²) in [4.78, 5) is 4.65. The zero-order valence-electron chi connectivity index (χ0n) is 15.7. The van der Waals surface area contributed by atoms with Gasteiger partial charge in [-0.3, -0.25) is 0 Å². The lowest BCUT2D eigenvalue weighted by Crippen LogP contribution is -2.15. The zero-order chi connectivity index (χ0) is 20.3. The summed E-state index contributed by atoms with van der Waals surface area (Å²) in [5.41, 5.74) is 8.13. The Bertz CT molecular complexity index is 1280. The maximum absolute atomic E-state index is 14.9. The fourth-order valence-corrected chi connectivity index (χ4v) is 4.07. The molecule has 5 nitrogen and oxygen atoms in total. The molecule has 0 spiro atoms. The minimum atomic E-state index is -0.517. The molecule has 5 rings (SSSR count). The molecule has 1 fully saturated rings. The molecule has 3 N–H and O–H groups in total. The van der Waals surface area contributed by atoms with Gasteiger partial charge in [0.15, 0.2) is 0 Å². The Hall–Kier alpha value is -3.35. The minimum absolute atomic E-state index is 0.0850. The van der Waals surface area contributed by atoms with E-state index in [2.05, 4.69) is 4.98 Å². The third-order valence-electron chi connectivity index (χ3n) is 5.81. The topological polar surface area (TPSA) is 73.3 Å². The molecule has 0 aliphatic heterocycles. The van der Waals surface area contributed by atoms with E-state index in [9.17, 15) is 13.9 Å². The van der Waals surface area contributed by atoms with Crippen molar-refractivity contribution < 1.29 is 18.6 Å². The Morgan fingerprint density at radius 2 is 2.00 bits per heavy atom. The summed E-state index contributed by atoms with van der Waals surface area (Å²) in [5, 5.41) is 11.7. The predicted molar refractivity (Wildman–Crippen MR) is 108 cm³/mol. The van der Waals surface area contributed by atoms with Crippen LogP contribution in [-0.4, -0.2) is 21.8 Å². The lowest BCUT2D eigenvalue weighted by Gasteiger charge is -2.27. The molecule has 4 aromatic rings. The van der Waals surface area contributed by atoms with Crippen molar-refractivity contribution >= 4 is 27.5 Å². The van der Waals surface area contributed by atoms with Crippen molar-refractivity contribution in [3.05, 3.63) is 48.2 Å². The summed E-state index contributed by atoms with van der Waals surface area (Å²) in [6.07, 6.45) is 4.85. The van der Waals surface area contributed by atoms with E-state index in [1.807, 2.05) is 0 Å². The van der Waals surface area contributed by atoms with E-state index in [0.717, 1.165) is 19.3 Å². The minimum Gasteiger partial charge on any atom is -0.496 e. The van der Waals surface area contributed by atoms with Crippen molar-refractivity contribution in [2.45, 2.75) is 25.3 Å². The van der Waals surface area contributed by atoms with Crippen LogP contribution in [0.2, 0.25) is 0 Å². The van der Waals surface area contributed by atoms with E-state index in [4.69, 9.17) is 10.5 Å². The molecule has 0 amide bonds. The van der Waals surface area contributed by atoms with Crippen molar-refractivity contribution in [2.75, 3.05) is 12.8 Å². The van der Waals surface area contributed by atoms with Crippen molar-refractivity contribution in [3.63, 3.8) is 0 Å². The molecular weight excluding hydrogens is 376 g/mol. The Morgan fingerprint density at radius 3 is 2.69 bits per heavy atom. The Balaban J connectivity index is 1.85. The fraction of sp³-hybridized carbons (Fsp3) is 0.227. The number of ether oxygens (including phenoxy) is 1. The monoisotopic (exact) mass is 395 g/mol. The molecule has 0 unspecified atom stereocenters. The van der Waals surface area contributed by atoms with Gasteiger partial charge in [-0.25, -0.2) is 13.8 Å². The number of anilines is 1. The summed E-state index contributed by atoms with van der Waals surface area (Å²) >= 11 is 0. The maximum atomic E-state index is 14.9. The van der Waals surface area contributed by atoms with Crippen LogP contribution in [0.4, 0.5) is 14.5 Å². The van der Waals surface area contributed by atoms with Crippen LogP contribution < -0.4 is 10.5 Å². The molecule has 2 heterocycles. The molecule has 0 atom stereocenters. The van der Waals surface area contributed by atoms with Gasteiger partial charge >= 0.3 is 0 Å². The molecular formula is C22H19F2N3O2. The van der Waals surface area contributed by atoms with Crippen LogP contribution in [0.15, 0.2) is 36.5 Å². The SMILES string of the molecule is COc1cc(F)ccc1-c1c(F)ccc2c(N)c3c(O)n(C4CCC4)cc3nc12. The van der Waals surface area contributed by atoms with Crippen molar-refractivity contribution in [1.29, 1.82) is 0 Å². The molecule has 0 bridgehead atoms. The Morgan fingerprint density at radius 1 is 1.21 bits per heavy atom. The van der Waals surface area contributed by atoms with Crippen molar-refractivity contribution in [1.82, 2.24) is 9.55 Å². The second kappa shape index (κ2) is 6.34. The normalized spacial score (nSPS) is 14.4. The standard InChI is InChI=1S/C22H19F2N3O2/c1-29-17-9-11(23)5-6-13(17)18-15(24)8-7-14-20(25)19-16(26-21(14)18)10-27(22(19)28)12-3-2-4-12/h5-10,12,28H,2-4,25H2,1H3. The average Bonchev–Trinajstić information content (AvgIpc) is 2.97. The number of pyridine rings is 1. The maximum Gasteiger partial charge on any atom is 0.203 e. The number of aromatic nitrogens is 2. The van der Waals surface area contributed by atoms with Crippen LogP contribution in [0.1, 0.15) is 25.3 Å². The first-order chi connectivity index (χ1) is 14.0. The average molecular weight is 395 g/mol. The number of benzene rings is 2. The molecule has 0 radical (unpaired) electrons. The second-order valence-corrected chi connectivity index (χ2v) is 7.39. The Kier molecular flexibility index (Phi) is 3.87. The van der Waals surface area contributed by atoms with Gasteiger partial charge < -0.3 is 20.1 Å². The van der Waals surface area contributed by atoms with Crippen molar-refractivity contribution in [3.8, 4) is 22.8 Å². The highest BCUT2D eigenvalue weighted by Gasteiger charge is 2.26. The summed E-state index contributed by atoms with van der Waals surface area (Å²) in [5.74, 6) is -0.714. The number of nitrogen functional groups attached to an aromatic ring is 1. The molecule has 1 saturated carbocycles. The van der Waals surface area contributed by atoms with Gasteiger partial charge in [-0.05, 0) is 43.5 Å². The van der Waals surface area contributed by atoms with Gasteiger partial charge in [-0.15, -0.1) is 0 Å². The third-order valence-corrected chi connectivity index (χ3v) is 5.81. The van der Waals surface area contributed by atoms with Crippen LogP contribution in [0, 0.1) is 11.6 Å². The Labute approximate surface area is 165 Å². The quantitative estimate of drug-likeness (QED) is 0.503. The molecule has 2 aromatic heterocycles. The highest BCUT2D eigenvalue weighted by atomic mass is 19.1. The van der Waals surface area contributed by atoms with E-state index in [-0.39, 0.29) is 23.2 Å². The largest absolute Gasteiger partial charge is 0.496 e. The van der Waals surface area contributed by atoms with Gasteiger partial charge in [-0.1, -0.05) is 0 Å². The van der Waals surface area contributed by atoms with Crippen LogP contribution in [0.25, 0.3) is 32.9 Å². The lowest BCUT2D eigenvalue weighted by atomic mass is 9.93. The number of nitrogens with two attached hydrogens (primary N) is 1. The molecule has 2 aromatic carbocycles. The zero-order valence-corrected chi connectivity index (χ0v) is 15.7. The summed E-state index contributed by atoms with van der Waals surface area (Å²) < 4.78 is 35.7. The number of methoxy groups -OCH3 is 1.